The maximum Gasteiger partial charge on any atom is 0.215 e. The third-order valence-electron chi connectivity index (χ3n) is 3.33. The third kappa shape index (κ3) is 4.17. The molecule has 0 aliphatic carbocycles. The highest BCUT2D eigenvalue weighted by Gasteiger charge is 2.28. The zero-order chi connectivity index (χ0) is 16.3. The molecule has 0 spiro atoms. The molecule has 2 rings (SSSR count). The lowest BCUT2D eigenvalue weighted by atomic mass is 10.1. The van der Waals surface area contributed by atoms with Crippen molar-refractivity contribution < 1.29 is 22.3 Å². The summed E-state index contributed by atoms with van der Waals surface area (Å²) in [4.78, 5) is 12.0. The summed E-state index contributed by atoms with van der Waals surface area (Å²) < 4.78 is 45.3. The second kappa shape index (κ2) is 7.23. The lowest BCUT2D eigenvalue weighted by molar-refractivity contribution is 0.0974. The van der Waals surface area contributed by atoms with Crippen LogP contribution in [0.25, 0.3) is 0 Å². The van der Waals surface area contributed by atoms with Gasteiger partial charge in [0, 0.05) is 18.2 Å². The highest BCUT2D eigenvalue weighted by molar-refractivity contribution is 7.90. The number of sulfonamides is 1. The Labute approximate surface area is 137 Å². The molecule has 0 unspecified atom stereocenters. The van der Waals surface area contributed by atoms with Crippen LogP contribution < -0.4 is 4.72 Å². The minimum absolute atomic E-state index is 0.0991. The van der Waals surface area contributed by atoms with Gasteiger partial charge in [-0.3, -0.25) is 4.79 Å². The van der Waals surface area contributed by atoms with Gasteiger partial charge in [0.2, 0.25) is 10.0 Å². The fourth-order valence-electron chi connectivity index (χ4n) is 2.12. The van der Waals surface area contributed by atoms with Crippen LogP contribution in [0.3, 0.4) is 0 Å². The molecule has 5 nitrogen and oxygen atoms in total. The van der Waals surface area contributed by atoms with E-state index in [1.165, 1.54) is 6.07 Å². The zero-order valence-electron chi connectivity index (χ0n) is 11.4. The van der Waals surface area contributed by atoms with Gasteiger partial charge < -0.3 is 4.74 Å². The summed E-state index contributed by atoms with van der Waals surface area (Å²) in [6, 6.07) is 2.29. The van der Waals surface area contributed by atoms with Crippen molar-refractivity contribution in [3.8, 4) is 0 Å². The Bertz CT molecular complexity index is 675. The Balaban J connectivity index is 2.06. The first-order valence-electron chi connectivity index (χ1n) is 6.55. The molecule has 0 aromatic heterocycles. The average molecular weight is 370 g/mol. The van der Waals surface area contributed by atoms with E-state index in [-0.39, 0.29) is 15.6 Å². The molecule has 22 heavy (non-hydrogen) atoms. The van der Waals surface area contributed by atoms with E-state index in [1.807, 2.05) is 0 Å². The first-order chi connectivity index (χ1) is 10.3. The van der Waals surface area contributed by atoms with E-state index in [1.54, 1.807) is 0 Å². The van der Waals surface area contributed by atoms with E-state index >= 15 is 0 Å². The number of hydrogen-bond acceptors (Lipinski definition) is 4. The number of rotatable bonds is 5. The molecule has 1 fully saturated rings. The number of carbonyl (C=O) groups is 1. The van der Waals surface area contributed by atoms with Gasteiger partial charge in [0.15, 0.2) is 11.6 Å². The standard InChI is InChI=1S/C13H14Cl2FNO4S/c14-8-5-10(13(16)11(15)6-8)12(18)7-17-22(19,20)9-1-3-21-4-2-9/h5-6,9,17H,1-4,7H2. The molecule has 0 atom stereocenters. The van der Waals surface area contributed by atoms with E-state index < -0.39 is 33.4 Å². The van der Waals surface area contributed by atoms with Crippen LogP contribution in [-0.2, 0) is 14.8 Å². The highest BCUT2D eigenvalue weighted by Crippen LogP contribution is 2.24. The van der Waals surface area contributed by atoms with Gasteiger partial charge in [-0.25, -0.2) is 17.5 Å². The Kier molecular flexibility index (Phi) is 5.79. The number of halogens is 3. The van der Waals surface area contributed by atoms with Gasteiger partial charge in [-0.15, -0.1) is 0 Å². The lowest BCUT2D eigenvalue weighted by Crippen LogP contribution is -2.40. The molecule has 1 aliphatic heterocycles. The summed E-state index contributed by atoms with van der Waals surface area (Å²) in [5.41, 5.74) is -0.341. The van der Waals surface area contributed by atoms with Crippen LogP contribution in [0.2, 0.25) is 10.0 Å². The maximum atomic E-state index is 13.8. The van der Waals surface area contributed by atoms with Crippen LogP contribution >= 0.6 is 23.2 Å². The fraction of sp³-hybridized carbons (Fsp3) is 0.462. The van der Waals surface area contributed by atoms with E-state index in [9.17, 15) is 17.6 Å². The third-order valence-corrected chi connectivity index (χ3v) is 5.72. The van der Waals surface area contributed by atoms with Crippen molar-refractivity contribution in [1.29, 1.82) is 0 Å². The minimum Gasteiger partial charge on any atom is -0.381 e. The van der Waals surface area contributed by atoms with E-state index in [0.29, 0.717) is 26.1 Å². The molecule has 0 bridgehead atoms. The Hall–Kier alpha value is -0.730. The van der Waals surface area contributed by atoms with Crippen molar-refractivity contribution in [3.63, 3.8) is 0 Å². The normalized spacial score (nSPS) is 16.7. The van der Waals surface area contributed by atoms with E-state index in [0.717, 1.165) is 6.07 Å². The van der Waals surface area contributed by atoms with Crippen molar-refractivity contribution in [2.24, 2.45) is 0 Å². The number of ether oxygens (including phenoxy) is 1. The smallest absolute Gasteiger partial charge is 0.215 e. The molecule has 1 aromatic carbocycles. The van der Waals surface area contributed by atoms with Crippen LogP contribution in [-0.4, -0.2) is 39.2 Å². The van der Waals surface area contributed by atoms with Crippen LogP contribution in [0.1, 0.15) is 23.2 Å². The number of ketones is 1. The molecule has 0 radical (unpaired) electrons. The van der Waals surface area contributed by atoms with E-state index in [4.69, 9.17) is 27.9 Å². The van der Waals surface area contributed by atoms with Crippen molar-refractivity contribution >= 4 is 39.0 Å². The first-order valence-corrected chi connectivity index (χ1v) is 8.85. The van der Waals surface area contributed by atoms with Gasteiger partial charge in [0.1, 0.15) is 0 Å². The van der Waals surface area contributed by atoms with Gasteiger partial charge >= 0.3 is 0 Å². The molecule has 1 heterocycles. The fourth-order valence-corrected chi connectivity index (χ4v) is 4.00. The quantitative estimate of drug-likeness (QED) is 0.638. The molecule has 0 saturated carbocycles. The predicted octanol–water partition coefficient (Wildman–Crippen LogP) is 2.41. The van der Waals surface area contributed by atoms with Crippen LogP contribution in [0.5, 0.6) is 0 Å². The average Bonchev–Trinajstić information content (AvgIpc) is 2.49. The molecule has 122 valence electrons. The molecule has 1 aromatic rings. The summed E-state index contributed by atoms with van der Waals surface area (Å²) >= 11 is 11.3. The molecular formula is C13H14Cl2FNO4S. The van der Waals surface area contributed by atoms with Gasteiger partial charge in [0.25, 0.3) is 0 Å². The largest absolute Gasteiger partial charge is 0.381 e. The van der Waals surface area contributed by atoms with Crippen LogP contribution in [0, 0.1) is 5.82 Å². The molecule has 9 heteroatoms. The molecular weight excluding hydrogens is 356 g/mol. The summed E-state index contributed by atoms with van der Waals surface area (Å²) in [6.45, 7) is 0.170. The number of carbonyl (C=O) groups excluding carboxylic acids is 1. The Morgan fingerprint density at radius 2 is 1.95 bits per heavy atom. The van der Waals surface area contributed by atoms with Gasteiger partial charge in [0.05, 0.1) is 22.4 Å². The monoisotopic (exact) mass is 369 g/mol. The SMILES string of the molecule is O=C(CNS(=O)(=O)C1CCOCC1)c1cc(Cl)cc(Cl)c1F. The number of benzene rings is 1. The number of nitrogens with one attached hydrogen (secondary N) is 1. The Morgan fingerprint density at radius 3 is 2.59 bits per heavy atom. The van der Waals surface area contributed by atoms with Gasteiger partial charge in [-0.1, -0.05) is 23.2 Å². The lowest BCUT2D eigenvalue weighted by Gasteiger charge is -2.22. The number of Topliss-reactive ketones (excluding diaryl/α,β-unsaturated/α-hetero) is 1. The summed E-state index contributed by atoms with van der Waals surface area (Å²) in [6.07, 6.45) is 0.724. The van der Waals surface area contributed by atoms with Crippen molar-refractivity contribution in [3.05, 3.63) is 33.6 Å². The van der Waals surface area contributed by atoms with Crippen LogP contribution in [0.15, 0.2) is 12.1 Å². The maximum absolute atomic E-state index is 13.8. The molecule has 1 saturated heterocycles. The summed E-state index contributed by atoms with van der Waals surface area (Å²) in [5, 5.41) is -0.799. The Morgan fingerprint density at radius 1 is 1.32 bits per heavy atom. The first kappa shape index (κ1) is 17.6. The molecule has 0 amide bonds. The number of hydrogen-bond donors (Lipinski definition) is 1. The van der Waals surface area contributed by atoms with E-state index in [2.05, 4.69) is 4.72 Å². The van der Waals surface area contributed by atoms with Crippen molar-refractivity contribution in [2.45, 2.75) is 18.1 Å². The highest BCUT2D eigenvalue weighted by atomic mass is 35.5. The zero-order valence-corrected chi connectivity index (χ0v) is 13.8. The predicted molar refractivity (Wildman–Crippen MR) is 81.5 cm³/mol. The van der Waals surface area contributed by atoms with Gasteiger partial charge in [-0.05, 0) is 25.0 Å². The van der Waals surface area contributed by atoms with Crippen molar-refractivity contribution in [2.75, 3.05) is 19.8 Å². The van der Waals surface area contributed by atoms with Gasteiger partial charge in [-0.2, -0.15) is 0 Å². The van der Waals surface area contributed by atoms with Crippen molar-refractivity contribution in [1.82, 2.24) is 4.72 Å². The minimum atomic E-state index is -3.66. The second-order valence-corrected chi connectivity index (χ2v) is 7.74. The second-order valence-electron chi connectivity index (χ2n) is 4.85. The molecule has 1 N–H and O–H groups in total. The molecule has 1 aliphatic rings. The van der Waals surface area contributed by atoms with Crippen LogP contribution in [0.4, 0.5) is 4.39 Å². The summed E-state index contributed by atoms with van der Waals surface area (Å²) in [5.74, 6) is -1.65. The topological polar surface area (TPSA) is 72.5 Å². The summed E-state index contributed by atoms with van der Waals surface area (Å²) in [7, 11) is -3.66.